The Kier molecular flexibility index (Phi) is 9.72. The molecule has 0 bridgehead atoms. The second-order valence-electron chi connectivity index (χ2n) is 13.4. The van der Waals surface area contributed by atoms with Crippen molar-refractivity contribution < 1.29 is 23.6 Å². The molecule has 7 heteroatoms. The molecule has 0 N–H and O–H groups in total. The van der Waals surface area contributed by atoms with Crippen LogP contribution in [0.25, 0.3) is 0 Å². The van der Waals surface area contributed by atoms with E-state index in [1.807, 2.05) is 12.1 Å². The predicted molar refractivity (Wildman–Crippen MR) is 188 cm³/mol. The highest BCUT2D eigenvalue weighted by atomic mass is 35.5. The number of carbonyl (C=O) groups is 1. The molecule has 46 heavy (non-hydrogen) atoms. The molecule has 2 aliphatic heterocycles. The van der Waals surface area contributed by atoms with E-state index in [1.165, 1.54) is 35.2 Å². The van der Waals surface area contributed by atoms with Crippen molar-refractivity contribution in [2.75, 3.05) is 31.9 Å². The molecule has 1 aliphatic carbocycles. The molecule has 2 heterocycles. The van der Waals surface area contributed by atoms with Gasteiger partial charge in [-0.05, 0) is 106 Å². The first-order valence-corrected chi connectivity index (χ1v) is 16.7. The lowest BCUT2D eigenvalue weighted by Crippen LogP contribution is -2.27. The van der Waals surface area contributed by atoms with Crippen LogP contribution in [0.5, 0.6) is 11.5 Å². The zero-order valence-electron chi connectivity index (χ0n) is 28.8. The molecule has 3 aliphatic rings. The quantitative estimate of drug-likeness (QED) is 0.118. The Morgan fingerprint density at radius 3 is 2.46 bits per heavy atom. The van der Waals surface area contributed by atoms with Gasteiger partial charge in [0.05, 0.1) is 5.41 Å². The van der Waals surface area contributed by atoms with Gasteiger partial charge in [0.15, 0.2) is 12.5 Å². The van der Waals surface area contributed by atoms with E-state index in [4.69, 9.17) is 25.8 Å². The molecule has 0 radical (unpaired) electrons. The topological polar surface area (TPSA) is 51.0 Å². The second kappa shape index (κ2) is 13.2. The van der Waals surface area contributed by atoms with E-state index in [-0.39, 0.29) is 23.6 Å². The number of fused-ring (bicyclic) bond motifs is 2. The summed E-state index contributed by atoms with van der Waals surface area (Å²) < 4.78 is 18.8. The molecule has 0 amide bonds. The maximum atomic E-state index is 11.6. The molecule has 6 nitrogen and oxygen atoms in total. The van der Waals surface area contributed by atoms with E-state index < -0.39 is 0 Å². The highest BCUT2D eigenvalue weighted by Gasteiger charge is 2.44. The van der Waals surface area contributed by atoms with E-state index in [9.17, 15) is 4.79 Å². The first-order chi connectivity index (χ1) is 21.8. The fourth-order valence-electron chi connectivity index (χ4n) is 7.21. The highest BCUT2D eigenvalue weighted by Crippen LogP contribution is 2.50. The van der Waals surface area contributed by atoms with Crippen LogP contribution in [0.2, 0.25) is 0 Å². The number of halogens is 1. The van der Waals surface area contributed by atoms with Crippen molar-refractivity contribution in [2.24, 2.45) is 0 Å². The number of esters is 1. The summed E-state index contributed by atoms with van der Waals surface area (Å²) in [5.41, 5.74) is 10.2. The Bertz CT molecular complexity index is 1710. The average Bonchev–Trinajstić information content (AvgIpc) is 3.35. The molecule has 2 aromatic rings. The number of rotatable bonds is 9. The first-order valence-electron chi connectivity index (χ1n) is 16.4. The van der Waals surface area contributed by atoms with Crippen LogP contribution in [-0.4, -0.2) is 43.2 Å². The van der Waals surface area contributed by atoms with Gasteiger partial charge in [0, 0.05) is 60.1 Å². The predicted octanol–water partition coefficient (Wildman–Crippen LogP) is 9.16. The van der Waals surface area contributed by atoms with Crippen LogP contribution in [-0.2, 0) is 20.4 Å². The summed E-state index contributed by atoms with van der Waals surface area (Å²) in [6.45, 7) is 18.8. The number of anilines is 1. The molecular formula is C39H48ClN2O4+. The molecule has 0 atom stereocenters. The number of aryl methyl sites for hydroxylation is 1. The van der Waals surface area contributed by atoms with Crippen LogP contribution in [0.15, 0.2) is 76.5 Å². The lowest BCUT2D eigenvalue weighted by atomic mass is 9.81. The van der Waals surface area contributed by atoms with Crippen LogP contribution < -0.4 is 14.4 Å². The van der Waals surface area contributed by atoms with E-state index in [0.29, 0.717) is 5.75 Å². The summed E-state index contributed by atoms with van der Waals surface area (Å²) in [6, 6.07) is 10.3. The van der Waals surface area contributed by atoms with Gasteiger partial charge in [0.2, 0.25) is 5.69 Å². The summed E-state index contributed by atoms with van der Waals surface area (Å²) in [6.07, 6.45) is 11.9. The Morgan fingerprint density at radius 2 is 1.78 bits per heavy atom. The van der Waals surface area contributed by atoms with Gasteiger partial charge in [-0.15, -0.1) is 0 Å². The fourth-order valence-corrected chi connectivity index (χ4v) is 7.53. The van der Waals surface area contributed by atoms with E-state index >= 15 is 0 Å². The van der Waals surface area contributed by atoms with Crippen LogP contribution >= 0.6 is 11.6 Å². The number of likely N-dealkylation sites (N-methyl/N-ethyl adjacent to an activating group) is 1. The maximum Gasteiger partial charge on any atom is 0.308 e. The third-order valence-corrected chi connectivity index (χ3v) is 10.1. The van der Waals surface area contributed by atoms with Crippen molar-refractivity contribution in [1.82, 2.24) is 0 Å². The fraction of sp³-hybridized carbons (Fsp3) is 0.436. The minimum Gasteiger partial charge on any atom is -0.467 e. The van der Waals surface area contributed by atoms with Crippen molar-refractivity contribution in [2.45, 2.75) is 85.5 Å². The first kappa shape index (κ1) is 33.7. The Balaban J connectivity index is 1.46. The zero-order chi connectivity index (χ0) is 33.4. The van der Waals surface area contributed by atoms with Crippen LogP contribution in [0.1, 0.15) is 84.4 Å². The summed E-state index contributed by atoms with van der Waals surface area (Å²) >= 11 is 7.16. The minimum atomic E-state index is -0.314. The van der Waals surface area contributed by atoms with E-state index in [2.05, 4.69) is 100 Å². The Labute approximate surface area is 279 Å². The summed E-state index contributed by atoms with van der Waals surface area (Å²) in [7, 11) is 1.64. The molecule has 244 valence electrons. The number of nitrogens with zero attached hydrogens (tertiary/aromatic N) is 2. The van der Waals surface area contributed by atoms with Gasteiger partial charge in [0.25, 0.3) is 0 Å². The van der Waals surface area contributed by atoms with Crippen LogP contribution in [0, 0.1) is 6.92 Å². The number of hydrogen-bond donors (Lipinski definition) is 0. The zero-order valence-corrected chi connectivity index (χ0v) is 29.6. The lowest BCUT2D eigenvalue weighted by molar-refractivity contribution is -0.433. The standard InChI is InChI=1S/C39H48ClN2O4/c1-10-41-32-18-17-29(46-26(4)43)22-30(32)38(5,6)35(41)19-15-27-13-12-14-28(37(27)40)16-20-36-39(7,8)31-23-34(45-24-44-9)25(3)21-33(31)42(36)11-2/h15-23H,10-14,24H2,1-9H3/q+1. The smallest absolute Gasteiger partial charge is 0.308 e. The second-order valence-corrected chi connectivity index (χ2v) is 13.7. The molecule has 0 unspecified atom stereocenters. The molecule has 2 aromatic carbocycles. The van der Waals surface area contributed by atoms with Crippen LogP contribution in [0.3, 0.4) is 0 Å². The van der Waals surface area contributed by atoms with Crippen LogP contribution in [0.4, 0.5) is 11.4 Å². The average molecular weight is 644 g/mol. The number of benzene rings is 2. The highest BCUT2D eigenvalue weighted by molar-refractivity contribution is 6.32. The van der Waals surface area contributed by atoms with Crippen molar-refractivity contribution in [3.63, 3.8) is 0 Å². The number of carbonyl (C=O) groups excluding carboxylic acids is 1. The van der Waals surface area contributed by atoms with Gasteiger partial charge in [-0.1, -0.05) is 37.6 Å². The summed E-state index contributed by atoms with van der Waals surface area (Å²) in [5.74, 6) is 1.12. The summed E-state index contributed by atoms with van der Waals surface area (Å²) in [5, 5.41) is 0.843. The SMILES string of the molecule is CCN1/C(=C\C=C2/CCCC(/C=C/C3=[N+](CC)c4ccc(OC(C)=O)cc4C3(C)C)=C2Cl)C(C)(C)c2cc(OCOC)c(C)cc21. The maximum absolute atomic E-state index is 11.6. The molecule has 0 fully saturated rings. The summed E-state index contributed by atoms with van der Waals surface area (Å²) in [4.78, 5) is 14.0. The monoisotopic (exact) mass is 643 g/mol. The van der Waals surface area contributed by atoms with Gasteiger partial charge in [-0.3, -0.25) is 4.79 Å². The molecule has 0 saturated heterocycles. The van der Waals surface area contributed by atoms with E-state index in [0.717, 1.165) is 65.5 Å². The molecule has 0 aromatic heterocycles. The van der Waals surface area contributed by atoms with Gasteiger partial charge in [0.1, 0.15) is 18.0 Å². The Hall–Kier alpha value is -3.61. The third-order valence-electron chi connectivity index (χ3n) is 9.62. The molecule has 5 rings (SSSR count). The minimum absolute atomic E-state index is 0.201. The van der Waals surface area contributed by atoms with Crippen molar-refractivity contribution >= 4 is 34.7 Å². The van der Waals surface area contributed by atoms with Gasteiger partial charge in [-0.2, -0.15) is 4.58 Å². The number of allylic oxidation sites excluding steroid dienone is 8. The van der Waals surface area contributed by atoms with Crippen molar-refractivity contribution in [1.29, 1.82) is 0 Å². The molecule has 0 saturated carbocycles. The Morgan fingerprint density at radius 1 is 1.02 bits per heavy atom. The van der Waals surface area contributed by atoms with Gasteiger partial charge >= 0.3 is 5.97 Å². The number of hydrogen-bond acceptors (Lipinski definition) is 5. The molecule has 0 spiro atoms. The van der Waals surface area contributed by atoms with Crippen molar-refractivity contribution in [3.05, 3.63) is 93.2 Å². The number of ether oxygens (including phenoxy) is 3. The van der Waals surface area contributed by atoms with Gasteiger partial charge in [-0.25, -0.2) is 0 Å². The lowest BCUT2D eigenvalue weighted by Gasteiger charge is -2.26. The van der Waals surface area contributed by atoms with Crippen molar-refractivity contribution in [3.8, 4) is 11.5 Å². The number of methoxy groups -OCH3 is 1. The van der Waals surface area contributed by atoms with E-state index in [1.54, 1.807) is 7.11 Å². The van der Waals surface area contributed by atoms with Gasteiger partial charge < -0.3 is 19.1 Å². The third kappa shape index (κ3) is 6.10. The molecular weight excluding hydrogens is 596 g/mol. The largest absolute Gasteiger partial charge is 0.467 e. The normalized spacial score (nSPS) is 20.3.